The number of amides is 1. The normalized spacial score (nSPS) is 23.5. The fourth-order valence-electron chi connectivity index (χ4n) is 3.13. The number of nitrogens with zero attached hydrogens (tertiary/aromatic N) is 2. The maximum atomic E-state index is 12.5. The minimum atomic E-state index is 0.134. The van der Waals surface area contributed by atoms with Crippen molar-refractivity contribution >= 4 is 5.91 Å². The molecular weight excluding hydrogens is 266 g/mol. The van der Waals surface area contributed by atoms with E-state index in [0.717, 1.165) is 56.9 Å². The van der Waals surface area contributed by atoms with Crippen molar-refractivity contribution < 1.29 is 9.53 Å². The van der Waals surface area contributed by atoms with E-state index in [1.54, 1.807) is 0 Å². The summed E-state index contributed by atoms with van der Waals surface area (Å²) in [6.45, 7) is 5.78. The van der Waals surface area contributed by atoms with E-state index in [0.29, 0.717) is 12.6 Å². The van der Waals surface area contributed by atoms with Gasteiger partial charge in [0.25, 0.3) is 5.91 Å². The first-order valence-electron chi connectivity index (χ1n) is 7.68. The molecule has 114 valence electrons. The number of benzene rings is 1. The molecule has 0 bridgehead atoms. The molecule has 2 aliphatic heterocycles. The van der Waals surface area contributed by atoms with Crippen LogP contribution in [0.5, 0.6) is 0 Å². The molecule has 1 unspecified atom stereocenters. The lowest BCUT2D eigenvalue weighted by atomic mass is 10.1. The molecule has 1 aromatic rings. The summed E-state index contributed by atoms with van der Waals surface area (Å²) in [6.07, 6.45) is 1.06. The van der Waals surface area contributed by atoms with Gasteiger partial charge in [-0.2, -0.15) is 0 Å². The van der Waals surface area contributed by atoms with Gasteiger partial charge in [-0.05, 0) is 24.1 Å². The Morgan fingerprint density at radius 3 is 2.57 bits per heavy atom. The quantitative estimate of drug-likeness (QED) is 0.889. The molecule has 0 radical (unpaired) electrons. The molecule has 2 saturated heterocycles. The van der Waals surface area contributed by atoms with E-state index in [-0.39, 0.29) is 5.91 Å². The van der Waals surface area contributed by atoms with Gasteiger partial charge >= 0.3 is 0 Å². The van der Waals surface area contributed by atoms with Crippen LogP contribution < -0.4 is 5.73 Å². The zero-order valence-electron chi connectivity index (χ0n) is 12.3. The van der Waals surface area contributed by atoms with Crippen molar-refractivity contribution in [1.29, 1.82) is 0 Å². The monoisotopic (exact) mass is 289 g/mol. The third-order valence-corrected chi connectivity index (χ3v) is 4.45. The number of ether oxygens (including phenoxy) is 1. The predicted molar refractivity (Wildman–Crippen MR) is 81.0 cm³/mol. The smallest absolute Gasteiger partial charge is 0.253 e. The topological polar surface area (TPSA) is 58.8 Å². The zero-order valence-corrected chi connectivity index (χ0v) is 12.3. The minimum absolute atomic E-state index is 0.134. The SMILES string of the molecule is NCc1ccc(C(=O)N2CCC(N3CCOCC3)C2)cc1. The molecule has 0 saturated carbocycles. The van der Waals surface area contributed by atoms with E-state index in [4.69, 9.17) is 10.5 Å². The van der Waals surface area contributed by atoms with Crippen molar-refractivity contribution in [2.24, 2.45) is 5.73 Å². The molecule has 2 aliphatic rings. The van der Waals surface area contributed by atoms with Gasteiger partial charge in [0.15, 0.2) is 0 Å². The highest BCUT2D eigenvalue weighted by molar-refractivity contribution is 5.94. The molecule has 0 aromatic heterocycles. The van der Waals surface area contributed by atoms with Gasteiger partial charge in [-0.1, -0.05) is 12.1 Å². The molecule has 21 heavy (non-hydrogen) atoms. The first kappa shape index (κ1) is 14.5. The number of rotatable bonds is 3. The van der Waals surface area contributed by atoms with Crippen LogP contribution in [0.1, 0.15) is 22.3 Å². The van der Waals surface area contributed by atoms with E-state index in [2.05, 4.69) is 4.90 Å². The number of hydrogen-bond acceptors (Lipinski definition) is 4. The lowest BCUT2D eigenvalue weighted by Crippen LogP contribution is -2.45. The van der Waals surface area contributed by atoms with Gasteiger partial charge in [0.05, 0.1) is 13.2 Å². The summed E-state index contributed by atoms with van der Waals surface area (Å²) in [5.74, 6) is 0.134. The van der Waals surface area contributed by atoms with Crippen LogP contribution in [0.3, 0.4) is 0 Å². The Kier molecular flexibility index (Phi) is 4.53. The molecule has 5 heteroatoms. The van der Waals surface area contributed by atoms with E-state index < -0.39 is 0 Å². The number of carbonyl (C=O) groups is 1. The second-order valence-electron chi connectivity index (χ2n) is 5.74. The molecule has 0 aliphatic carbocycles. The second kappa shape index (κ2) is 6.56. The van der Waals surface area contributed by atoms with Gasteiger partial charge in [0, 0.05) is 44.3 Å². The minimum Gasteiger partial charge on any atom is -0.379 e. The summed E-state index contributed by atoms with van der Waals surface area (Å²) in [7, 11) is 0. The predicted octanol–water partition coefficient (Wildman–Crippen LogP) is 0.692. The summed E-state index contributed by atoms with van der Waals surface area (Å²) >= 11 is 0. The van der Waals surface area contributed by atoms with Gasteiger partial charge in [-0.3, -0.25) is 9.69 Å². The lowest BCUT2D eigenvalue weighted by molar-refractivity contribution is 0.0185. The van der Waals surface area contributed by atoms with Crippen LogP contribution in [0.4, 0.5) is 0 Å². The maximum Gasteiger partial charge on any atom is 0.253 e. The molecule has 1 atom stereocenters. The van der Waals surface area contributed by atoms with Crippen LogP contribution in [0.15, 0.2) is 24.3 Å². The highest BCUT2D eigenvalue weighted by Crippen LogP contribution is 2.19. The van der Waals surface area contributed by atoms with Crippen LogP contribution in [0.25, 0.3) is 0 Å². The Hall–Kier alpha value is -1.43. The van der Waals surface area contributed by atoms with Crippen LogP contribution in [0, 0.1) is 0 Å². The zero-order chi connectivity index (χ0) is 14.7. The largest absolute Gasteiger partial charge is 0.379 e. The van der Waals surface area contributed by atoms with Gasteiger partial charge < -0.3 is 15.4 Å². The maximum absolute atomic E-state index is 12.5. The van der Waals surface area contributed by atoms with Crippen molar-refractivity contribution in [2.75, 3.05) is 39.4 Å². The Labute approximate surface area is 125 Å². The third kappa shape index (κ3) is 3.26. The lowest BCUT2D eigenvalue weighted by Gasteiger charge is -2.32. The van der Waals surface area contributed by atoms with E-state index in [1.807, 2.05) is 29.2 Å². The standard InChI is InChI=1S/C16H23N3O2/c17-11-13-1-3-14(4-2-13)16(20)19-6-5-15(12-19)18-7-9-21-10-8-18/h1-4,15H,5-12,17H2. The molecule has 2 fully saturated rings. The van der Waals surface area contributed by atoms with Crippen LogP contribution in [-0.2, 0) is 11.3 Å². The molecule has 2 N–H and O–H groups in total. The number of carbonyl (C=O) groups excluding carboxylic acids is 1. The fraction of sp³-hybridized carbons (Fsp3) is 0.562. The molecule has 3 rings (SSSR count). The number of nitrogens with two attached hydrogens (primary N) is 1. The molecule has 0 spiro atoms. The summed E-state index contributed by atoms with van der Waals surface area (Å²) in [4.78, 5) is 16.9. The summed E-state index contributed by atoms with van der Waals surface area (Å²) in [6, 6.07) is 8.12. The van der Waals surface area contributed by atoms with E-state index >= 15 is 0 Å². The first-order chi connectivity index (χ1) is 10.3. The summed E-state index contributed by atoms with van der Waals surface area (Å²) in [5.41, 5.74) is 7.40. The highest BCUT2D eigenvalue weighted by Gasteiger charge is 2.31. The Balaban J connectivity index is 1.60. The van der Waals surface area contributed by atoms with Gasteiger partial charge in [-0.15, -0.1) is 0 Å². The van der Waals surface area contributed by atoms with Crippen LogP contribution >= 0.6 is 0 Å². The van der Waals surface area contributed by atoms with Crippen molar-refractivity contribution in [1.82, 2.24) is 9.80 Å². The van der Waals surface area contributed by atoms with Crippen LogP contribution in [0.2, 0.25) is 0 Å². The molecule has 1 aromatic carbocycles. The first-order valence-corrected chi connectivity index (χ1v) is 7.68. The Morgan fingerprint density at radius 1 is 1.19 bits per heavy atom. The average molecular weight is 289 g/mol. The molecule has 1 amide bonds. The summed E-state index contributed by atoms with van der Waals surface area (Å²) < 4.78 is 5.39. The Bertz CT molecular complexity index is 483. The number of likely N-dealkylation sites (tertiary alicyclic amines) is 1. The number of hydrogen-bond donors (Lipinski definition) is 1. The molecular formula is C16H23N3O2. The van der Waals surface area contributed by atoms with Gasteiger partial charge in [-0.25, -0.2) is 0 Å². The second-order valence-corrected chi connectivity index (χ2v) is 5.74. The van der Waals surface area contributed by atoms with Crippen molar-refractivity contribution in [3.8, 4) is 0 Å². The van der Waals surface area contributed by atoms with Gasteiger partial charge in [0.2, 0.25) is 0 Å². The van der Waals surface area contributed by atoms with E-state index in [9.17, 15) is 4.79 Å². The highest BCUT2D eigenvalue weighted by atomic mass is 16.5. The molecule has 5 nitrogen and oxygen atoms in total. The third-order valence-electron chi connectivity index (χ3n) is 4.45. The van der Waals surface area contributed by atoms with Crippen LogP contribution in [-0.4, -0.2) is 61.1 Å². The van der Waals surface area contributed by atoms with Crippen molar-refractivity contribution in [3.63, 3.8) is 0 Å². The Morgan fingerprint density at radius 2 is 1.90 bits per heavy atom. The van der Waals surface area contributed by atoms with Gasteiger partial charge in [0.1, 0.15) is 0 Å². The average Bonchev–Trinajstić information content (AvgIpc) is 3.05. The summed E-state index contributed by atoms with van der Waals surface area (Å²) in [5, 5.41) is 0. The van der Waals surface area contributed by atoms with Crippen molar-refractivity contribution in [2.45, 2.75) is 19.0 Å². The fourth-order valence-corrected chi connectivity index (χ4v) is 3.13. The molecule has 2 heterocycles. The number of morpholine rings is 1. The van der Waals surface area contributed by atoms with Crippen molar-refractivity contribution in [3.05, 3.63) is 35.4 Å². The van der Waals surface area contributed by atoms with E-state index in [1.165, 1.54) is 0 Å².